The van der Waals surface area contributed by atoms with E-state index in [1.807, 2.05) is 33.7 Å². The van der Waals surface area contributed by atoms with Crippen molar-refractivity contribution < 1.29 is 9.59 Å². The van der Waals surface area contributed by atoms with Crippen molar-refractivity contribution in [1.29, 1.82) is 0 Å². The van der Waals surface area contributed by atoms with Gasteiger partial charge >= 0.3 is 0 Å². The molecule has 3 atom stereocenters. The molecule has 1 fully saturated rings. The second kappa shape index (κ2) is 8.46. The molecule has 30 heavy (non-hydrogen) atoms. The molecule has 6 nitrogen and oxygen atoms in total. The van der Waals surface area contributed by atoms with Gasteiger partial charge in [0.15, 0.2) is 0 Å². The number of amides is 2. The number of pyridine rings is 1. The predicted molar refractivity (Wildman–Crippen MR) is 115 cm³/mol. The average Bonchev–Trinajstić information content (AvgIpc) is 2.73. The molecule has 0 spiro atoms. The first-order valence-corrected chi connectivity index (χ1v) is 10.8. The molecule has 6 heteroatoms. The molecule has 2 aliphatic rings. The van der Waals surface area contributed by atoms with E-state index in [-0.39, 0.29) is 35.1 Å². The molecule has 1 aromatic carbocycles. The molecular formula is C24H29N3O3. The summed E-state index contributed by atoms with van der Waals surface area (Å²) in [6, 6.07) is 13.9. The lowest BCUT2D eigenvalue weighted by Gasteiger charge is -2.43. The van der Waals surface area contributed by atoms with Crippen LogP contribution in [0.2, 0.25) is 0 Å². The van der Waals surface area contributed by atoms with Crippen molar-refractivity contribution in [2.75, 3.05) is 13.1 Å². The molecule has 1 saturated heterocycles. The number of nitrogens with zero attached hydrogens (tertiary/aromatic N) is 2. The van der Waals surface area contributed by atoms with Crippen LogP contribution in [0.15, 0.2) is 53.3 Å². The monoisotopic (exact) mass is 407 g/mol. The number of fused-ring (bicyclic) bond motifs is 4. The van der Waals surface area contributed by atoms with Crippen LogP contribution in [0.25, 0.3) is 0 Å². The van der Waals surface area contributed by atoms with Crippen LogP contribution in [0, 0.1) is 11.8 Å². The number of piperidine rings is 1. The second-order valence-corrected chi connectivity index (χ2v) is 8.96. The SMILES string of the molecule is CC(C)CC(NC(=O)c1ccccc1)C(=O)N1C[C@H]2C[C@@H](C1)c1cccc(=O)n1C2. The van der Waals surface area contributed by atoms with Crippen LogP contribution >= 0.6 is 0 Å². The van der Waals surface area contributed by atoms with Crippen LogP contribution in [-0.2, 0) is 11.3 Å². The smallest absolute Gasteiger partial charge is 0.251 e. The molecule has 0 radical (unpaired) electrons. The Balaban J connectivity index is 1.52. The van der Waals surface area contributed by atoms with Crippen molar-refractivity contribution in [1.82, 2.24) is 14.8 Å². The third kappa shape index (κ3) is 4.18. The van der Waals surface area contributed by atoms with Gasteiger partial charge in [0.1, 0.15) is 6.04 Å². The maximum absolute atomic E-state index is 13.5. The Bertz CT molecular complexity index is 983. The fourth-order valence-electron chi connectivity index (χ4n) is 4.82. The summed E-state index contributed by atoms with van der Waals surface area (Å²) in [6.45, 7) is 5.99. The molecule has 1 N–H and O–H groups in total. The van der Waals surface area contributed by atoms with Crippen LogP contribution in [0.5, 0.6) is 0 Å². The molecule has 4 rings (SSSR count). The normalized spacial score (nSPS) is 21.1. The maximum Gasteiger partial charge on any atom is 0.251 e. The lowest BCUT2D eigenvalue weighted by atomic mass is 9.82. The lowest BCUT2D eigenvalue weighted by Crippen LogP contribution is -2.55. The van der Waals surface area contributed by atoms with Gasteiger partial charge in [-0.2, -0.15) is 0 Å². The van der Waals surface area contributed by atoms with Crippen LogP contribution in [0.4, 0.5) is 0 Å². The minimum absolute atomic E-state index is 0.0191. The molecule has 2 amide bonds. The van der Waals surface area contributed by atoms with Crippen LogP contribution in [0.1, 0.15) is 48.7 Å². The van der Waals surface area contributed by atoms with Gasteiger partial charge in [-0.05, 0) is 42.9 Å². The summed E-state index contributed by atoms with van der Waals surface area (Å²) >= 11 is 0. The van der Waals surface area contributed by atoms with E-state index in [0.717, 1.165) is 12.1 Å². The summed E-state index contributed by atoms with van der Waals surface area (Å²) in [5, 5.41) is 2.97. The van der Waals surface area contributed by atoms with Gasteiger partial charge in [0.25, 0.3) is 11.5 Å². The van der Waals surface area contributed by atoms with Gasteiger partial charge in [0.2, 0.25) is 5.91 Å². The highest BCUT2D eigenvalue weighted by molar-refractivity contribution is 5.97. The highest BCUT2D eigenvalue weighted by atomic mass is 16.2. The minimum atomic E-state index is -0.547. The van der Waals surface area contributed by atoms with E-state index in [1.165, 1.54) is 0 Å². The fraction of sp³-hybridized carbons (Fsp3) is 0.458. The van der Waals surface area contributed by atoms with E-state index in [0.29, 0.717) is 31.6 Å². The standard InChI is InChI=1S/C24H29N3O3/c1-16(2)11-20(25-23(29)18-7-4-3-5-8-18)24(30)26-13-17-12-19(15-26)21-9-6-10-22(28)27(21)14-17/h3-10,16-17,19-20H,11-15H2,1-2H3,(H,25,29)/t17-,19+,20?/m1/s1. The molecule has 2 aliphatic heterocycles. The van der Waals surface area contributed by atoms with Crippen LogP contribution in [-0.4, -0.2) is 40.4 Å². The van der Waals surface area contributed by atoms with Gasteiger partial charge < -0.3 is 14.8 Å². The molecule has 158 valence electrons. The first kappa shape index (κ1) is 20.4. The molecule has 0 saturated carbocycles. The average molecular weight is 408 g/mol. The number of carbonyl (C=O) groups excluding carboxylic acids is 2. The Hall–Kier alpha value is -2.89. The minimum Gasteiger partial charge on any atom is -0.340 e. The Morgan fingerprint density at radius 1 is 1.03 bits per heavy atom. The number of rotatable bonds is 5. The zero-order valence-corrected chi connectivity index (χ0v) is 17.6. The quantitative estimate of drug-likeness (QED) is 0.828. The van der Waals surface area contributed by atoms with E-state index in [1.54, 1.807) is 24.3 Å². The zero-order valence-electron chi connectivity index (χ0n) is 17.6. The van der Waals surface area contributed by atoms with Gasteiger partial charge in [-0.15, -0.1) is 0 Å². The van der Waals surface area contributed by atoms with Crippen LogP contribution in [0.3, 0.4) is 0 Å². The number of likely N-dealkylation sites (tertiary alicyclic amines) is 1. The number of aromatic nitrogens is 1. The van der Waals surface area contributed by atoms with Gasteiger partial charge in [-0.25, -0.2) is 0 Å². The number of benzene rings is 1. The molecule has 2 aromatic rings. The van der Waals surface area contributed by atoms with Crippen molar-refractivity contribution in [3.8, 4) is 0 Å². The maximum atomic E-state index is 13.5. The summed E-state index contributed by atoms with van der Waals surface area (Å²) in [7, 11) is 0. The van der Waals surface area contributed by atoms with Crippen molar-refractivity contribution in [3.63, 3.8) is 0 Å². The molecular weight excluding hydrogens is 378 g/mol. The number of carbonyl (C=O) groups is 2. The molecule has 0 aliphatic carbocycles. The van der Waals surface area contributed by atoms with Crippen LogP contribution < -0.4 is 10.9 Å². The van der Waals surface area contributed by atoms with Gasteiger partial charge in [0, 0.05) is 42.9 Å². The second-order valence-electron chi connectivity index (χ2n) is 8.96. The third-order valence-electron chi connectivity index (χ3n) is 6.14. The van der Waals surface area contributed by atoms with Gasteiger partial charge in [0.05, 0.1) is 0 Å². The molecule has 3 heterocycles. The first-order chi connectivity index (χ1) is 14.4. The van der Waals surface area contributed by atoms with Crippen molar-refractivity contribution >= 4 is 11.8 Å². The first-order valence-electron chi connectivity index (χ1n) is 10.8. The molecule has 2 bridgehead atoms. The topological polar surface area (TPSA) is 71.4 Å². The highest BCUT2D eigenvalue weighted by Crippen LogP contribution is 2.35. The van der Waals surface area contributed by atoms with Gasteiger partial charge in [-0.1, -0.05) is 38.1 Å². The summed E-state index contributed by atoms with van der Waals surface area (Å²) in [5.41, 5.74) is 1.61. The van der Waals surface area contributed by atoms with Gasteiger partial charge in [-0.3, -0.25) is 14.4 Å². The van der Waals surface area contributed by atoms with Crippen molar-refractivity contribution in [2.24, 2.45) is 11.8 Å². The molecule has 1 aromatic heterocycles. The van der Waals surface area contributed by atoms with E-state index in [9.17, 15) is 14.4 Å². The number of hydrogen-bond acceptors (Lipinski definition) is 3. The Morgan fingerprint density at radius 3 is 2.53 bits per heavy atom. The Labute approximate surface area is 176 Å². The Kier molecular flexibility index (Phi) is 5.75. The van der Waals surface area contributed by atoms with E-state index < -0.39 is 6.04 Å². The fourth-order valence-corrected chi connectivity index (χ4v) is 4.82. The van der Waals surface area contributed by atoms with Crippen molar-refractivity contribution in [2.45, 2.75) is 45.2 Å². The zero-order chi connectivity index (χ0) is 21.3. The highest BCUT2D eigenvalue weighted by Gasteiger charge is 2.38. The summed E-state index contributed by atoms with van der Waals surface area (Å²) < 4.78 is 1.86. The van der Waals surface area contributed by atoms with E-state index in [2.05, 4.69) is 19.2 Å². The Morgan fingerprint density at radius 2 is 1.80 bits per heavy atom. The lowest BCUT2D eigenvalue weighted by molar-refractivity contribution is -0.136. The summed E-state index contributed by atoms with van der Waals surface area (Å²) in [6.07, 6.45) is 1.59. The largest absolute Gasteiger partial charge is 0.340 e. The van der Waals surface area contributed by atoms with Crippen molar-refractivity contribution in [3.05, 3.63) is 70.1 Å². The number of hydrogen-bond donors (Lipinski definition) is 1. The summed E-state index contributed by atoms with van der Waals surface area (Å²) in [5.74, 6) is 0.474. The summed E-state index contributed by atoms with van der Waals surface area (Å²) in [4.78, 5) is 40.3. The number of nitrogens with one attached hydrogen (secondary N) is 1. The third-order valence-corrected chi connectivity index (χ3v) is 6.14. The van der Waals surface area contributed by atoms with E-state index >= 15 is 0 Å². The predicted octanol–water partition coefficient (Wildman–Crippen LogP) is 2.64. The van der Waals surface area contributed by atoms with E-state index in [4.69, 9.17) is 0 Å². The molecule has 1 unspecified atom stereocenters.